The van der Waals surface area contributed by atoms with E-state index in [9.17, 15) is 34.4 Å². The topological polar surface area (TPSA) is 209 Å². The fraction of sp³-hybridized carbons (Fsp3) is 0.400. The lowest BCUT2D eigenvalue weighted by molar-refractivity contribution is -0.385. The van der Waals surface area contributed by atoms with E-state index >= 15 is 4.39 Å². The second-order valence-corrected chi connectivity index (χ2v) is 11.0. The van der Waals surface area contributed by atoms with Gasteiger partial charge in [0.05, 0.1) is 34.9 Å². The Balaban J connectivity index is 1.25. The molecule has 1 aliphatic heterocycles. The van der Waals surface area contributed by atoms with Gasteiger partial charge in [0.15, 0.2) is 18.1 Å². The van der Waals surface area contributed by atoms with Crippen LogP contribution in [0.2, 0.25) is 0 Å². The van der Waals surface area contributed by atoms with Crippen LogP contribution in [-0.2, 0) is 16.1 Å². The number of carbonyl (C=O) groups excluding carboxylic acids is 2. The Bertz CT molecular complexity index is 1790. The average molecular weight is 657 g/mol. The number of ether oxygens (including phenoxy) is 3. The molecule has 2 fully saturated rings. The van der Waals surface area contributed by atoms with Gasteiger partial charge < -0.3 is 44.7 Å². The van der Waals surface area contributed by atoms with E-state index in [1.807, 2.05) is 0 Å². The predicted octanol–water partition coefficient (Wildman–Crippen LogP) is 2.00. The summed E-state index contributed by atoms with van der Waals surface area (Å²) >= 11 is 0. The van der Waals surface area contributed by atoms with E-state index in [4.69, 9.17) is 19.9 Å². The predicted molar refractivity (Wildman–Crippen MR) is 165 cm³/mol. The Hall–Kier alpha value is -5.45. The van der Waals surface area contributed by atoms with Gasteiger partial charge in [0.1, 0.15) is 18.0 Å². The molecule has 0 spiro atoms. The van der Waals surface area contributed by atoms with Gasteiger partial charge in [-0.1, -0.05) is 0 Å². The van der Waals surface area contributed by atoms with Gasteiger partial charge in [-0.05, 0) is 31.0 Å². The van der Waals surface area contributed by atoms with E-state index in [1.54, 1.807) is 9.47 Å². The van der Waals surface area contributed by atoms with Crippen molar-refractivity contribution >= 4 is 40.2 Å². The first-order valence-corrected chi connectivity index (χ1v) is 14.8. The fourth-order valence-corrected chi connectivity index (χ4v) is 5.32. The third-order valence-corrected chi connectivity index (χ3v) is 7.89. The molecular weight excluding hydrogens is 623 g/mol. The number of nitrogens with one attached hydrogen (secondary N) is 1. The highest BCUT2D eigenvalue weighted by Gasteiger charge is 2.30. The van der Waals surface area contributed by atoms with Gasteiger partial charge in [0.2, 0.25) is 5.43 Å². The molecule has 0 unspecified atom stereocenters. The molecule has 2 aromatic carbocycles. The van der Waals surface area contributed by atoms with E-state index in [1.165, 1.54) is 30.3 Å². The summed E-state index contributed by atoms with van der Waals surface area (Å²) in [5, 5.41) is 23.8. The lowest BCUT2D eigenvalue weighted by atomic mass is 10.1. The molecule has 1 saturated heterocycles. The molecule has 250 valence electrons. The van der Waals surface area contributed by atoms with Crippen molar-refractivity contribution in [3.8, 4) is 11.5 Å². The SMILES string of the molecule is COc1cc(COC(=O)N2CCN(c3cc4c(cc3F)c(=O)c(C(=O)O)cn4C3CC3)CC2)c([N+](=O)[O-])cc1OCC(=O)NCCN. The van der Waals surface area contributed by atoms with E-state index in [2.05, 4.69) is 5.32 Å². The zero-order valence-corrected chi connectivity index (χ0v) is 25.4. The number of carbonyl (C=O) groups is 3. The summed E-state index contributed by atoms with van der Waals surface area (Å²) in [5.74, 6) is -2.51. The molecule has 3 aromatic rings. The van der Waals surface area contributed by atoms with Crippen molar-refractivity contribution < 1.29 is 43.0 Å². The van der Waals surface area contributed by atoms with Crippen LogP contribution in [0.3, 0.4) is 0 Å². The maximum atomic E-state index is 15.3. The maximum Gasteiger partial charge on any atom is 0.410 e. The average Bonchev–Trinajstić information content (AvgIpc) is 3.90. The second-order valence-electron chi connectivity index (χ2n) is 11.0. The van der Waals surface area contributed by atoms with Crippen LogP contribution >= 0.6 is 0 Å². The molecular formula is C30H33FN6O10. The smallest absolute Gasteiger partial charge is 0.410 e. The molecule has 1 saturated carbocycles. The number of amides is 2. The normalized spacial score (nSPS) is 14.5. The minimum Gasteiger partial charge on any atom is -0.493 e. The van der Waals surface area contributed by atoms with Crippen LogP contribution in [0.4, 0.5) is 20.6 Å². The highest BCUT2D eigenvalue weighted by Crippen LogP contribution is 2.38. The molecule has 0 radical (unpaired) electrons. The highest BCUT2D eigenvalue weighted by atomic mass is 19.1. The summed E-state index contributed by atoms with van der Waals surface area (Å²) in [6.45, 7) is 0.313. The Kier molecular flexibility index (Phi) is 9.74. The highest BCUT2D eigenvalue weighted by molar-refractivity contribution is 5.93. The number of hydrogen-bond donors (Lipinski definition) is 3. The van der Waals surface area contributed by atoms with Gasteiger partial charge in [0, 0.05) is 56.9 Å². The van der Waals surface area contributed by atoms with Crippen LogP contribution in [0.15, 0.2) is 35.3 Å². The zero-order chi connectivity index (χ0) is 33.8. The summed E-state index contributed by atoms with van der Waals surface area (Å²) in [7, 11) is 1.31. The van der Waals surface area contributed by atoms with Gasteiger partial charge in [-0.25, -0.2) is 14.0 Å². The molecule has 0 atom stereocenters. The number of nitro benzene ring substituents is 1. The number of rotatable bonds is 12. The van der Waals surface area contributed by atoms with E-state index in [0.29, 0.717) is 5.52 Å². The molecule has 2 amide bonds. The van der Waals surface area contributed by atoms with Gasteiger partial charge in [-0.3, -0.25) is 19.7 Å². The number of nitrogens with zero attached hydrogens (tertiary/aromatic N) is 4. The molecule has 47 heavy (non-hydrogen) atoms. The fourth-order valence-electron chi connectivity index (χ4n) is 5.32. The number of nitro groups is 1. The van der Waals surface area contributed by atoms with Crippen molar-refractivity contribution in [1.82, 2.24) is 14.8 Å². The molecule has 17 heteroatoms. The maximum absolute atomic E-state index is 15.3. The number of carboxylic acids is 1. The first-order chi connectivity index (χ1) is 22.5. The molecule has 0 bridgehead atoms. The standard InChI is InChI=1S/C30H33FN6O10/c1-45-25-10-17(22(37(43)44)13-26(25)46-16-27(38)33-5-4-32)15-47-30(42)35-8-6-34(7-9-35)24-12-23-19(11-21(24)31)28(39)20(29(40)41)14-36(23)18-2-3-18/h10-14,18H,2-9,15-16,32H2,1H3,(H,33,38)(H,40,41). The molecule has 1 aromatic heterocycles. The van der Waals surface area contributed by atoms with Crippen molar-refractivity contribution in [3.63, 3.8) is 0 Å². The summed E-state index contributed by atoms with van der Waals surface area (Å²) in [6, 6.07) is 5.00. The molecule has 2 aliphatic rings. The van der Waals surface area contributed by atoms with Crippen LogP contribution < -0.4 is 30.9 Å². The monoisotopic (exact) mass is 656 g/mol. The number of aromatic nitrogens is 1. The number of hydrogen-bond acceptors (Lipinski definition) is 11. The van der Waals surface area contributed by atoms with Gasteiger partial charge in [-0.15, -0.1) is 0 Å². The van der Waals surface area contributed by atoms with Crippen molar-refractivity contribution in [2.75, 3.05) is 57.9 Å². The Morgan fingerprint density at radius 2 is 1.85 bits per heavy atom. The Morgan fingerprint density at radius 3 is 2.47 bits per heavy atom. The minimum atomic E-state index is -1.38. The number of methoxy groups -OCH3 is 1. The van der Waals surface area contributed by atoms with Crippen molar-refractivity contribution in [2.24, 2.45) is 5.73 Å². The van der Waals surface area contributed by atoms with Crippen molar-refractivity contribution in [1.29, 1.82) is 0 Å². The van der Waals surface area contributed by atoms with E-state index in [0.717, 1.165) is 25.0 Å². The summed E-state index contributed by atoms with van der Waals surface area (Å²) in [4.78, 5) is 63.4. The number of pyridine rings is 1. The van der Waals surface area contributed by atoms with Gasteiger partial charge in [-0.2, -0.15) is 0 Å². The van der Waals surface area contributed by atoms with E-state index in [-0.39, 0.29) is 73.4 Å². The Labute approximate surface area is 266 Å². The summed E-state index contributed by atoms with van der Waals surface area (Å²) in [6.07, 6.45) is 2.20. The Morgan fingerprint density at radius 1 is 1.13 bits per heavy atom. The first kappa shape index (κ1) is 32.9. The summed E-state index contributed by atoms with van der Waals surface area (Å²) < 4.78 is 33.1. The lowest BCUT2D eigenvalue weighted by Crippen LogP contribution is -2.49. The number of anilines is 1. The van der Waals surface area contributed by atoms with Crippen LogP contribution in [0.5, 0.6) is 11.5 Å². The quantitative estimate of drug-likeness (QED) is 0.189. The molecule has 5 rings (SSSR count). The minimum absolute atomic E-state index is 0.0152. The molecule has 2 heterocycles. The third-order valence-electron chi connectivity index (χ3n) is 7.89. The molecule has 16 nitrogen and oxygen atoms in total. The number of nitrogens with two attached hydrogens (primary N) is 1. The number of aromatic carboxylic acids is 1. The third kappa shape index (κ3) is 7.19. The molecule has 4 N–H and O–H groups in total. The van der Waals surface area contributed by atoms with Crippen molar-refractivity contribution in [3.05, 3.63) is 67.7 Å². The van der Waals surface area contributed by atoms with Crippen LogP contribution in [0, 0.1) is 15.9 Å². The van der Waals surface area contributed by atoms with E-state index < -0.39 is 58.6 Å². The number of benzene rings is 2. The van der Waals surface area contributed by atoms with Crippen LogP contribution in [0.25, 0.3) is 10.9 Å². The number of fused-ring (bicyclic) bond motifs is 1. The number of piperazine rings is 1. The van der Waals surface area contributed by atoms with Crippen LogP contribution in [0.1, 0.15) is 34.8 Å². The van der Waals surface area contributed by atoms with Crippen molar-refractivity contribution in [2.45, 2.75) is 25.5 Å². The zero-order valence-electron chi connectivity index (χ0n) is 25.4. The van der Waals surface area contributed by atoms with Crippen LogP contribution in [-0.4, -0.2) is 90.5 Å². The molecule has 1 aliphatic carbocycles. The van der Waals surface area contributed by atoms with Gasteiger partial charge in [0.25, 0.3) is 11.6 Å². The summed E-state index contributed by atoms with van der Waals surface area (Å²) in [5.41, 5.74) is 4.45. The number of carboxylic acid groups (broad SMARTS) is 1. The largest absolute Gasteiger partial charge is 0.493 e. The second kappa shape index (κ2) is 13.9. The number of halogens is 1. The first-order valence-electron chi connectivity index (χ1n) is 14.8. The lowest BCUT2D eigenvalue weighted by Gasteiger charge is -2.35. The van der Waals surface area contributed by atoms with Gasteiger partial charge >= 0.3 is 12.1 Å².